The van der Waals surface area contributed by atoms with Crippen molar-refractivity contribution >= 4 is 51.3 Å². The number of aromatic nitrogens is 2. The number of H-pyrrole nitrogens is 1. The number of hydrogen-bond donors (Lipinski definition) is 2. The van der Waals surface area contributed by atoms with Crippen molar-refractivity contribution in [2.24, 2.45) is 10.2 Å². The Bertz CT molecular complexity index is 1230. The molecule has 146 valence electrons. The first-order valence-corrected chi connectivity index (χ1v) is 9.56. The lowest BCUT2D eigenvalue weighted by Crippen LogP contribution is -1.89. The summed E-state index contributed by atoms with van der Waals surface area (Å²) in [5.41, 5.74) is 10.1. The largest absolute Gasteiger partial charge is 0.455 e. The molecule has 8 heteroatoms. The van der Waals surface area contributed by atoms with E-state index >= 15 is 0 Å². The van der Waals surface area contributed by atoms with Gasteiger partial charge in [0, 0.05) is 10.0 Å². The molecule has 0 bridgehead atoms. The zero-order valence-electron chi connectivity index (χ0n) is 15.7. The van der Waals surface area contributed by atoms with Crippen LogP contribution in [0.2, 0.25) is 10.0 Å². The standard InChI is InChI=1S/C21H17Cl2N5O/c1-11-9-16(24)20-21(26-12(2)25-20)19(11)28-27-17-10-14(23)5-8-18(17)29-15-6-3-13(22)4-7-15/h3-10H,24H2,1-2H3,(H,25,26). The molecule has 3 N–H and O–H groups in total. The Kier molecular flexibility index (Phi) is 5.13. The summed E-state index contributed by atoms with van der Waals surface area (Å²) in [4.78, 5) is 7.63. The van der Waals surface area contributed by atoms with Crippen molar-refractivity contribution in [2.75, 3.05) is 5.73 Å². The fourth-order valence-electron chi connectivity index (χ4n) is 2.96. The van der Waals surface area contributed by atoms with Crippen molar-refractivity contribution in [3.8, 4) is 11.5 Å². The van der Waals surface area contributed by atoms with Gasteiger partial charge in [0.05, 0.1) is 11.2 Å². The summed E-state index contributed by atoms with van der Waals surface area (Å²) in [6, 6.07) is 14.1. The number of fused-ring (bicyclic) bond motifs is 1. The monoisotopic (exact) mass is 425 g/mol. The third-order valence-electron chi connectivity index (χ3n) is 4.30. The van der Waals surface area contributed by atoms with Crippen LogP contribution in [0.1, 0.15) is 11.4 Å². The lowest BCUT2D eigenvalue weighted by Gasteiger charge is -2.09. The highest BCUT2D eigenvalue weighted by molar-refractivity contribution is 6.31. The van der Waals surface area contributed by atoms with E-state index < -0.39 is 0 Å². The zero-order valence-corrected chi connectivity index (χ0v) is 17.2. The van der Waals surface area contributed by atoms with Crippen LogP contribution in [0.5, 0.6) is 11.5 Å². The number of nitrogens with one attached hydrogen (secondary N) is 1. The summed E-state index contributed by atoms with van der Waals surface area (Å²) in [5.74, 6) is 1.90. The molecule has 1 heterocycles. The molecule has 0 aliphatic heterocycles. The molecule has 0 aliphatic carbocycles. The van der Waals surface area contributed by atoms with Crippen LogP contribution in [-0.2, 0) is 0 Å². The molecule has 0 atom stereocenters. The molecule has 0 saturated carbocycles. The molecule has 4 aromatic rings. The van der Waals surface area contributed by atoms with Gasteiger partial charge >= 0.3 is 0 Å². The normalized spacial score (nSPS) is 11.4. The fourth-order valence-corrected chi connectivity index (χ4v) is 3.25. The van der Waals surface area contributed by atoms with E-state index in [9.17, 15) is 0 Å². The average Bonchev–Trinajstić information content (AvgIpc) is 3.07. The number of hydrogen-bond acceptors (Lipinski definition) is 5. The quantitative estimate of drug-likeness (QED) is 0.266. The van der Waals surface area contributed by atoms with Crippen LogP contribution >= 0.6 is 23.2 Å². The van der Waals surface area contributed by atoms with Crippen molar-refractivity contribution in [3.05, 3.63) is 70.0 Å². The maximum atomic E-state index is 6.17. The van der Waals surface area contributed by atoms with Gasteiger partial charge < -0.3 is 15.5 Å². The first-order chi connectivity index (χ1) is 13.9. The van der Waals surface area contributed by atoms with Crippen molar-refractivity contribution in [1.29, 1.82) is 0 Å². The van der Waals surface area contributed by atoms with Gasteiger partial charge in [-0.05, 0) is 67.9 Å². The Balaban J connectivity index is 1.75. The number of nitrogen functional groups attached to an aromatic ring is 1. The van der Waals surface area contributed by atoms with Crippen LogP contribution in [0.3, 0.4) is 0 Å². The van der Waals surface area contributed by atoms with E-state index in [4.69, 9.17) is 33.7 Å². The fraction of sp³-hybridized carbons (Fsp3) is 0.0952. The van der Waals surface area contributed by atoms with Crippen LogP contribution in [0.25, 0.3) is 11.0 Å². The van der Waals surface area contributed by atoms with Gasteiger partial charge in [-0.25, -0.2) is 4.98 Å². The topological polar surface area (TPSA) is 88.7 Å². The molecule has 0 spiro atoms. The summed E-state index contributed by atoms with van der Waals surface area (Å²) in [5, 5.41) is 10.0. The highest BCUT2D eigenvalue weighted by Crippen LogP contribution is 2.38. The van der Waals surface area contributed by atoms with Crippen molar-refractivity contribution in [2.45, 2.75) is 13.8 Å². The van der Waals surface area contributed by atoms with Gasteiger partial charge in [0.1, 0.15) is 28.5 Å². The molecule has 3 aromatic carbocycles. The van der Waals surface area contributed by atoms with Crippen molar-refractivity contribution in [3.63, 3.8) is 0 Å². The number of halogens is 2. The van der Waals surface area contributed by atoms with E-state index in [2.05, 4.69) is 20.2 Å². The molecular formula is C21H17Cl2N5O. The summed E-state index contributed by atoms with van der Waals surface area (Å²) in [6.45, 7) is 3.79. The van der Waals surface area contributed by atoms with Gasteiger partial charge in [0.2, 0.25) is 0 Å². The van der Waals surface area contributed by atoms with E-state index in [-0.39, 0.29) is 0 Å². The second-order valence-corrected chi connectivity index (χ2v) is 7.42. The number of imidazole rings is 1. The highest BCUT2D eigenvalue weighted by Gasteiger charge is 2.13. The van der Waals surface area contributed by atoms with Crippen LogP contribution < -0.4 is 10.5 Å². The van der Waals surface area contributed by atoms with E-state index in [0.29, 0.717) is 44.1 Å². The molecule has 0 amide bonds. The SMILES string of the molecule is Cc1nc2c(N)cc(C)c(N=Nc3cc(Cl)ccc3Oc3ccc(Cl)cc3)c2[nH]1. The number of benzene rings is 3. The van der Waals surface area contributed by atoms with Gasteiger partial charge in [-0.1, -0.05) is 23.2 Å². The van der Waals surface area contributed by atoms with E-state index in [1.54, 1.807) is 42.5 Å². The smallest absolute Gasteiger partial charge is 0.155 e. The number of ether oxygens (including phenoxy) is 1. The molecule has 0 unspecified atom stereocenters. The maximum absolute atomic E-state index is 6.17. The number of aryl methyl sites for hydroxylation is 2. The second-order valence-electron chi connectivity index (χ2n) is 6.55. The van der Waals surface area contributed by atoms with Gasteiger partial charge in [-0.15, -0.1) is 10.2 Å². The maximum Gasteiger partial charge on any atom is 0.155 e. The minimum absolute atomic E-state index is 0.494. The molecule has 0 fully saturated rings. The summed E-state index contributed by atoms with van der Waals surface area (Å²) in [7, 11) is 0. The molecule has 1 aromatic heterocycles. The molecule has 0 aliphatic rings. The minimum Gasteiger partial charge on any atom is -0.455 e. The molecule has 0 saturated heterocycles. The number of nitrogens with two attached hydrogens (primary N) is 1. The lowest BCUT2D eigenvalue weighted by molar-refractivity contribution is 0.483. The average molecular weight is 426 g/mol. The molecule has 29 heavy (non-hydrogen) atoms. The first-order valence-electron chi connectivity index (χ1n) is 8.81. The molecule has 4 rings (SSSR count). The molecular weight excluding hydrogens is 409 g/mol. The summed E-state index contributed by atoms with van der Waals surface area (Å²) in [6.07, 6.45) is 0. The van der Waals surface area contributed by atoms with Crippen LogP contribution in [-0.4, -0.2) is 9.97 Å². The third-order valence-corrected chi connectivity index (χ3v) is 4.79. The molecule has 0 radical (unpaired) electrons. The Morgan fingerprint density at radius 2 is 1.69 bits per heavy atom. The summed E-state index contributed by atoms with van der Waals surface area (Å²) < 4.78 is 5.94. The lowest BCUT2D eigenvalue weighted by atomic mass is 10.1. The Morgan fingerprint density at radius 1 is 0.966 bits per heavy atom. The minimum atomic E-state index is 0.494. The highest BCUT2D eigenvalue weighted by atomic mass is 35.5. The number of aromatic amines is 1. The Hall–Kier alpha value is -3.09. The van der Waals surface area contributed by atoms with Gasteiger partial charge in [-0.3, -0.25) is 0 Å². The Labute approximate surface area is 177 Å². The third kappa shape index (κ3) is 4.04. The van der Waals surface area contributed by atoms with Crippen LogP contribution in [0, 0.1) is 13.8 Å². The van der Waals surface area contributed by atoms with E-state index in [1.165, 1.54) is 0 Å². The van der Waals surface area contributed by atoms with E-state index in [1.807, 2.05) is 19.9 Å². The van der Waals surface area contributed by atoms with Crippen LogP contribution in [0.4, 0.5) is 17.1 Å². The number of nitrogens with zero attached hydrogens (tertiary/aromatic N) is 3. The van der Waals surface area contributed by atoms with Crippen LogP contribution in [0.15, 0.2) is 58.8 Å². The number of azo groups is 1. The van der Waals surface area contributed by atoms with Gasteiger partial charge in [-0.2, -0.15) is 0 Å². The van der Waals surface area contributed by atoms with Crippen molar-refractivity contribution in [1.82, 2.24) is 9.97 Å². The predicted octanol–water partition coefficient (Wildman–Crippen LogP) is 7.28. The number of anilines is 1. The van der Waals surface area contributed by atoms with Gasteiger partial charge in [0.25, 0.3) is 0 Å². The van der Waals surface area contributed by atoms with Gasteiger partial charge in [0.15, 0.2) is 5.75 Å². The predicted molar refractivity (Wildman–Crippen MR) is 117 cm³/mol. The second kappa shape index (κ2) is 7.73. The van der Waals surface area contributed by atoms with E-state index in [0.717, 1.165) is 16.9 Å². The zero-order chi connectivity index (χ0) is 20.5. The van der Waals surface area contributed by atoms with Crippen molar-refractivity contribution < 1.29 is 4.74 Å². The summed E-state index contributed by atoms with van der Waals surface area (Å²) >= 11 is 12.1. The first kappa shape index (κ1) is 19.2. The Morgan fingerprint density at radius 3 is 2.45 bits per heavy atom. The molecule has 6 nitrogen and oxygen atoms in total. The number of rotatable bonds is 4.